The van der Waals surface area contributed by atoms with E-state index in [4.69, 9.17) is 15.2 Å². The van der Waals surface area contributed by atoms with E-state index >= 15 is 0 Å². The minimum absolute atomic E-state index is 0.725. The lowest BCUT2D eigenvalue weighted by Crippen LogP contribution is -1.95. The molecule has 0 atom stereocenters. The molecule has 2 rings (SSSR count). The van der Waals surface area contributed by atoms with Crippen LogP contribution in [0.5, 0.6) is 11.5 Å². The average molecular weight is 336 g/mol. The van der Waals surface area contributed by atoms with Crippen LogP contribution < -0.4 is 10.5 Å². The lowest BCUT2D eigenvalue weighted by Gasteiger charge is -2.11. The summed E-state index contributed by atoms with van der Waals surface area (Å²) in [6.45, 7) is 2.69. The molecule has 0 saturated carbocycles. The second-order valence-corrected chi connectivity index (χ2v) is 5.48. The zero-order valence-electron chi connectivity index (χ0n) is 11.7. The van der Waals surface area contributed by atoms with Crippen molar-refractivity contribution < 1.29 is 9.47 Å². The molecule has 0 fully saturated rings. The number of nitrogen functional groups attached to an aromatic ring is 1. The van der Waals surface area contributed by atoms with E-state index in [1.54, 1.807) is 7.11 Å². The molecule has 0 aliphatic rings. The van der Waals surface area contributed by atoms with Crippen LogP contribution in [0.15, 0.2) is 40.9 Å². The second kappa shape index (κ2) is 6.77. The number of nitrogens with two attached hydrogens (primary N) is 1. The van der Waals surface area contributed by atoms with E-state index in [9.17, 15) is 0 Å². The normalized spacial score (nSPS) is 10.6. The number of halogens is 1. The van der Waals surface area contributed by atoms with E-state index in [1.165, 1.54) is 5.56 Å². The quantitative estimate of drug-likeness (QED) is 0.827. The van der Waals surface area contributed by atoms with Crippen LogP contribution in [-0.2, 0) is 11.2 Å². The summed E-state index contributed by atoms with van der Waals surface area (Å²) in [6, 6.07) is 11.8. The van der Waals surface area contributed by atoms with Crippen LogP contribution in [-0.4, -0.2) is 13.7 Å². The van der Waals surface area contributed by atoms with Crippen LogP contribution in [0.25, 0.3) is 0 Å². The van der Waals surface area contributed by atoms with E-state index in [-0.39, 0.29) is 0 Å². The Bertz CT molecular complexity index is 582. The van der Waals surface area contributed by atoms with Crippen LogP contribution in [0.4, 0.5) is 5.69 Å². The summed E-state index contributed by atoms with van der Waals surface area (Å²) < 4.78 is 11.8. The summed E-state index contributed by atoms with van der Waals surface area (Å²) in [6.07, 6.45) is 0.904. The third-order valence-electron chi connectivity index (χ3n) is 3.07. The summed E-state index contributed by atoms with van der Waals surface area (Å²) in [5.41, 5.74) is 8.83. The van der Waals surface area contributed by atoms with E-state index in [2.05, 4.69) is 15.9 Å². The summed E-state index contributed by atoms with van der Waals surface area (Å²) >= 11 is 3.47. The van der Waals surface area contributed by atoms with Gasteiger partial charge in [0.25, 0.3) is 0 Å². The Hall–Kier alpha value is -1.52. The number of hydrogen-bond acceptors (Lipinski definition) is 3. The monoisotopic (exact) mass is 335 g/mol. The molecule has 0 bridgehead atoms. The van der Waals surface area contributed by atoms with Crippen molar-refractivity contribution in [3.63, 3.8) is 0 Å². The maximum absolute atomic E-state index is 5.87. The van der Waals surface area contributed by atoms with E-state index < -0.39 is 0 Å². The van der Waals surface area contributed by atoms with Gasteiger partial charge in [-0.15, -0.1) is 0 Å². The van der Waals surface area contributed by atoms with E-state index in [0.717, 1.165) is 40.3 Å². The largest absolute Gasteiger partial charge is 0.456 e. The van der Waals surface area contributed by atoms with Gasteiger partial charge in [0.15, 0.2) is 0 Å². The Labute approximate surface area is 127 Å². The van der Waals surface area contributed by atoms with Crippen molar-refractivity contribution in [3.05, 3.63) is 52.0 Å². The molecule has 0 unspecified atom stereocenters. The van der Waals surface area contributed by atoms with Gasteiger partial charge in [-0.25, -0.2) is 0 Å². The van der Waals surface area contributed by atoms with Crippen molar-refractivity contribution in [2.75, 3.05) is 19.5 Å². The fourth-order valence-corrected chi connectivity index (χ4v) is 2.26. The summed E-state index contributed by atoms with van der Waals surface area (Å²) in [4.78, 5) is 0. The molecular formula is C16H18BrNO2. The number of methoxy groups -OCH3 is 1. The highest BCUT2D eigenvalue weighted by molar-refractivity contribution is 9.10. The minimum Gasteiger partial charge on any atom is -0.456 e. The Kier molecular flexibility index (Phi) is 5.04. The molecule has 4 heteroatoms. The number of aryl methyl sites for hydroxylation is 1. The molecule has 0 aliphatic heterocycles. The van der Waals surface area contributed by atoms with Crippen molar-refractivity contribution in [1.29, 1.82) is 0 Å². The molecule has 106 valence electrons. The molecule has 2 aromatic rings. The molecule has 0 radical (unpaired) electrons. The third kappa shape index (κ3) is 3.74. The first-order valence-corrected chi connectivity index (χ1v) is 7.21. The molecule has 2 aromatic carbocycles. The van der Waals surface area contributed by atoms with Gasteiger partial charge in [0.1, 0.15) is 11.5 Å². The van der Waals surface area contributed by atoms with Gasteiger partial charge in [-0.1, -0.05) is 12.1 Å². The van der Waals surface area contributed by atoms with Gasteiger partial charge < -0.3 is 15.2 Å². The first-order valence-electron chi connectivity index (χ1n) is 6.41. The van der Waals surface area contributed by atoms with Gasteiger partial charge in [0.2, 0.25) is 0 Å². The molecule has 0 aromatic heterocycles. The van der Waals surface area contributed by atoms with Crippen LogP contribution in [0.1, 0.15) is 11.1 Å². The number of benzene rings is 2. The van der Waals surface area contributed by atoms with Gasteiger partial charge in [0.05, 0.1) is 11.1 Å². The number of rotatable bonds is 5. The molecule has 20 heavy (non-hydrogen) atoms. The van der Waals surface area contributed by atoms with Crippen LogP contribution in [0.3, 0.4) is 0 Å². The van der Waals surface area contributed by atoms with Crippen LogP contribution in [0.2, 0.25) is 0 Å². The Balaban J connectivity index is 2.12. The summed E-state index contributed by atoms with van der Waals surface area (Å²) in [5.74, 6) is 1.57. The van der Waals surface area contributed by atoms with Crippen molar-refractivity contribution >= 4 is 21.6 Å². The predicted molar refractivity (Wildman–Crippen MR) is 85.4 cm³/mol. The third-order valence-corrected chi connectivity index (χ3v) is 3.69. The van der Waals surface area contributed by atoms with Gasteiger partial charge in [0, 0.05) is 12.8 Å². The second-order valence-electron chi connectivity index (χ2n) is 4.63. The van der Waals surface area contributed by atoms with Crippen molar-refractivity contribution in [3.8, 4) is 11.5 Å². The molecule has 3 nitrogen and oxygen atoms in total. The van der Waals surface area contributed by atoms with Crippen molar-refractivity contribution in [2.45, 2.75) is 13.3 Å². The molecule has 0 spiro atoms. The maximum atomic E-state index is 5.87. The lowest BCUT2D eigenvalue weighted by molar-refractivity contribution is 0.202. The zero-order valence-corrected chi connectivity index (χ0v) is 13.2. The van der Waals surface area contributed by atoms with Gasteiger partial charge in [-0.05, 0) is 64.7 Å². The fraction of sp³-hybridized carbons (Fsp3) is 0.250. The number of hydrogen-bond donors (Lipinski definition) is 1. The zero-order chi connectivity index (χ0) is 14.5. The first-order chi connectivity index (χ1) is 9.60. The van der Waals surface area contributed by atoms with E-state index in [0.29, 0.717) is 0 Å². The lowest BCUT2D eigenvalue weighted by atomic mass is 10.1. The SMILES string of the molecule is COCCc1ccc(Oc2cc(C)c(N)cc2Br)cc1. The average Bonchev–Trinajstić information content (AvgIpc) is 2.44. The predicted octanol–water partition coefficient (Wildman–Crippen LogP) is 4.32. The highest BCUT2D eigenvalue weighted by Gasteiger charge is 2.06. The first kappa shape index (κ1) is 14.9. The molecular weight excluding hydrogens is 318 g/mol. The topological polar surface area (TPSA) is 44.5 Å². The number of ether oxygens (including phenoxy) is 2. The van der Waals surface area contributed by atoms with Gasteiger partial charge in [-0.3, -0.25) is 0 Å². The standard InChI is InChI=1S/C16H18BrNO2/c1-11-9-16(14(17)10-15(11)18)20-13-5-3-12(4-6-13)7-8-19-2/h3-6,9-10H,7-8,18H2,1-2H3. The smallest absolute Gasteiger partial charge is 0.142 e. The van der Waals surface area contributed by atoms with E-state index in [1.807, 2.05) is 43.3 Å². The molecule has 0 heterocycles. The minimum atomic E-state index is 0.725. The highest BCUT2D eigenvalue weighted by Crippen LogP contribution is 2.33. The van der Waals surface area contributed by atoms with Gasteiger partial charge in [-0.2, -0.15) is 0 Å². The summed E-state index contributed by atoms with van der Waals surface area (Å²) in [5, 5.41) is 0. The molecule has 0 amide bonds. The van der Waals surface area contributed by atoms with Crippen LogP contribution in [0, 0.1) is 6.92 Å². The molecule has 0 aliphatic carbocycles. The molecule has 0 saturated heterocycles. The maximum Gasteiger partial charge on any atom is 0.142 e. The Morgan fingerprint density at radius 3 is 2.50 bits per heavy atom. The number of anilines is 1. The highest BCUT2D eigenvalue weighted by atomic mass is 79.9. The summed E-state index contributed by atoms with van der Waals surface area (Å²) in [7, 11) is 1.71. The van der Waals surface area contributed by atoms with Crippen molar-refractivity contribution in [2.24, 2.45) is 0 Å². The molecule has 2 N–H and O–H groups in total. The Morgan fingerprint density at radius 1 is 1.15 bits per heavy atom. The van der Waals surface area contributed by atoms with Crippen LogP contribution >= 0.6 is 15.9 Å². The van der Waals surface area contributed by atoms with Crippen molar-refractivity contribution in [1.82, 2.24) is 0 Å². The Morgan fingerprint density at radius 2 is 1.85 bits per heavy atom. The fourth-order valence-electron chi connectivity index (χ4n) is 1.82. The van der Waals surface area contributed by atoms with Gasteiger partial charge >= 0.3 is 0 Å².